The molecule has 0 bridgehead atoms. The SMILES string of the molecule is NC(=S)c1ccccc1NCc1ccc(F)cc1. The fourth-order valence-electron chi connectivity index (χ4n) is 1.65. The van der Waals surface area contributed by atoms with Crippen LogP contribution in [-0.4, -0.2) is 4.99 Å². The number of para-hydroxylation sites is 1. The molecular formula is C14H13FN2S. The first kappa shape index (κ1) is 12.5. The molecule has 2 rings (SSSR count). The molecule has 0 atom stereocenters. The van der Waals surface area contributed by atoms with Crippen molar-refractivity contribution in [2.24, 2.45) is 5.73 Å². The number of rotatable bonds is 4. The van der Waals surface area contributed by atoms with E-state index >= 15 is 0 Å². The lowest BCUT2D eigenvalue weighted by Gasteiger charge is -2.11. The Hall–Kier alpha value is -1.94. The summed E-state index contributed by atoms with van der Waals surface area (Å²) >= 11 is 4.99. The first-order chi connectivity index (χ1) is 8.66. The molecule has 2 aromatic rings. The van der Waals surface area contributed by atoms with Crippen LogP contribution in [0.3, 0.4) is 0 Å². The third-order valence-electron chi connectivity index (χ3n) is 2.59. The molecule has 0 spiro atoms. The number of hydrogen-bond donors (Lipinski definition) is 2. The van der Waals surface area contributed by atoms with Gasteiger partial charge in [0.25, 0.3) is 0 Å². The third-order valence-corrected chi connectivity index (χ3v) is 2.81. The Bertz CT molecular complexity index is 552. The number of benzene rings is 2. The summed E-state index contributed by atoms with van der Waals surface area (Å²) in [6.45, 7) is 0.597. The Morgan fingerprint density at radius 1 is 1.11 bits per heavy atom. The maximum absolute atomic E-state index is 12.8. The minimum Gasteiger partial charge on any atom is -0.389 e. The van der Waals surface area contributed by atoms with E-state index in [1.54, 1.807) is 12.1 Å². The summed E-state index contributed by atoms with van der Waals surface area (Å²) in [5.74, 6) is -0.234. The van der Waals surface area contributed by atoms with Crippen LogP contribution in [0.5, 0.6) is 0 Å². The maximum Gasteiger partial charge on any atom is 0.123 e. The lowest BCUT2D eigenvalue weighted by Crippen LogP contribution is -2.13. The molecule has 0 saturated heterocycles. The van der Waals surface area contributed by atoms with Crippen LogP contribution < -0.4 is 11.1 Å². The van der Waals surface area contributed by atoms with Crippen LogP contribution in [0.2, 0.25) is 0 Å². The number of nitrogens with one attached hydrogen (secondary N) is 1. The largest absolute Gasteiger partial charge is 0.389 e. The van der Waals surface area contributed by atoms with E-state index in [0.717, 1.165) is 16.8 Å². The number of anilines is 1. The van der Waals surface area contributed by atoms with E-state index in [1.807, 2.05) is 24.3 Å². The van der Waals surface area contributed by atoms with Crippen LogP contribution in [0.4, 0.5) is 10.1 Å². The lowest BCUT2D eigenvalue weighted by atomic mass is 10.1. The highest BCUT2D eigenvalue weighted by atomic mass is 32.1. The predicted octanol–water partition coefficient (Wildman–Crippen LogP) is 3.07. The van der Waals surface area contributed by atoms with Gasteiger partial charge in [0.2, 0.25) is 0 Å². The molecule has 0 aliphatic rings. The van der Waals surface area contributed by atoms with Crippen LogP contribution in [-0.2, 0) is 6.54 Å². The molecule has 18 heavy (non-hydrogen) atoms. The second kappa shape index (κ2) is 5.60. The summed E-state index contributed by atoms with van der Waals surface area (Å²) < 4.78 is 12.8. The van der Waals surface area contributed by atoms with E-state index in [2.05, 4.69) is 5.32 Å². The van der Waals surface area contributed by atoms with Crippen molar-refractivity contribution in [3.8, 4) is 0 Å². The highest BCUT2D eigenvalue weighted by Gasteiger charge is 2.03. The second-order valence-electron chi connectivity index (χ2n) is 3.89. The van der Waals surface area contributed by atoms with Crippen molar-refractivity contribution in [1.82, 2.24) is 0 Å². The Kier molecular flexibility index (Phi) is 3.89. The Morgan fingerprint density at radius 2 is 1.78 bits per heavy atom. The van der Waals surface area contributed by atoms with Crippen molar-refractivity contribution < 1.29 is 4.39 Å². The fourth-order valence-corrected chi connectivity index (χ4v) is 1.83. The number of hydrogen-bond acceptors (Lipinski definition) is 2. The van der Waals surface area contributed by atoms with Gasteiger partial charge in [0.05, 0.1) is 0 Å². The highest BCUT2D eigenvalue weighted by molar-refractivity contribution is 7.80. The molecule has 0 aliphatic heterocycles. The normalized spacial score (nSPS) is 10.1. The quantitative estimate of drug-likeness (QED) is 0.830. The van der Waals surface area contributed by atoms with Crippen molar-refractivity contribution in [1.29, 1.82) is 0 Å². The van der Waals surface area contributed by atoms with E-state index in [9.17, 15) is 4.39 Å². The van der Waals surface area contributed by atoms with Crippen molar-refractivity contribution in [2.45, 2.75) is 6.54 Å². The number of nitrogens with two attached hydrogens (primary N) is 1. The predicted molar refractivity (Wildman–Crippen MR) is 76.1 cm³/mol. The van der Waals surface area contributed by atoms with Crippen molar-refractivity contribution in [3.05, 3.63) is 65.5 Å². The van der Waals surface area contributed by atoms with E-state index in [4.69, 9.17) is 18.0 Å². The summed E-state index contributed by atoms with van der Waals surface area (Å²) in [5, 5.41) is 3.24. The van der Waals surface area contributed by atoms with E-state index in [-0.39, 0.29) is 5.82 Å². The molecule has 0 radical (unpaired) electrons. The summed E-state index contributed by atoms with van der Waals surface area (Å²) in [6, 6.07) is 13.9. The van der Waals surface area contributed by atoms with Gasteiger partial charge in [-0.05, 0) is 29.8 Å². The van der Waals surface area contributed by atoms with Gasteiger partial charge in [-0.3, -0.25) is 0 Å². The lowest BCUT2D eigenvalue weighted by molar-refractivity contribution is 0.627. The molecule has 2 nitrogen and oxygen atoms in total. The molecule has 0 aliphatic carbocycles. The summed E-state index contributed by atoms with van der Waals surface area (Å²) in [6.07, 6.45) is 0. The highest BCUT2D eigenvalue weighted by Crippen LogP contribution is 2.16. The zero-order valence-corrected chi connectivity index (χ0v) is 10.5. The average Bonchev–Trinajstić information content (AvgIpc) is 2.38. The van der Waals surface area contributed by atoms with Crippen molar-refractivity contribution in [3.63, 3.8) is 0 Å². The summed E-state index contributed by atoms with van der Waals surface area (Å²) in [4.78, 5) is 0.359. The molecular weight excluding hydrogens is 247 g/mol. The van der Waals surface area contributed by atoms with E-state index in [1.165, 1.54) is 12.1 Å². The fraction of sp³-hybridized carbons (Fsp3) is 0.0714. The minimum absolute atomic E-state index is 0.234. The van der Waals surface area contributed by atoms with Crippen molar-refractivity contribution >= 4 is 22.9 Å². The van der Waals surface area contributed by atoms with Gasteiger partial charge < -0.3 is 11.1 Å². The summed E-state index contributed by atoms with van der Waals surface area (Å²) in [7, 11) is 0. The molecule has 0 amide bonds. The van der Waals surface area contributed by atoms with E-state index in [0.29, 0.717) is 11.5 Å². The van der Waals surface area contributed by atoms with Crippen molar-refractivity contribution in [2.75, 3.05) is 5.32 Å². The monoisotopic (exact) mass is 260 g/mol. The minimum atomic E-state index is -0.234. The zero-order chi connectivity index (χ0) is 13.0. The first-order valence-electron chi connectivity index (χ1n) is 5.54. The molecule has 0 aromatic heterocycles. The van der Waals surface area contributed by atoms with Crippen LogP contribution in [0.25, 0.3) is 0 Å². The smallest absolute Gasteiger partial charge is 0.123 e. The Morgan fingerprint density at radius 3 is 2.44 bits per heavy atom. The van der Waals surface area contributed by atoms with Crippen LogP contribution in [0.15, 0.2) is 48.5 Å². The van der Waals surface area contributed by atoms with Gasteiger partial charge >= 0.3 is 0 Å². The van der Waals surface area contributed by atoms with Gasteiger partial charge in [-0.15, -0.1) is 0 Å². The number of halogens is 1. The van der Waals surface area contributed by atoms with E-state index < -0.39 is 0 Å². The molecule has 2 aromatic carbocycles. The van der Waals surface area contributed by atoms with Gasteiger partial charge in [0.1, 0.15) is 10.8 Å². The topological polar surface area (TPSA) is 38.0 Å². The zero-order valence-electron chi connectivity index (χ0n) is 9.69. The van der Waals surface area contributed by atoms with Crippen LogP contribution >= 0.6 is 12.2 Å². The standard InChI is InChI=1S/C14H13FN2S/c15-11-7-5-10(6-8-11)9-17-13-4-2-1-3-12(13)14(16)18/h1-8,17H,9H2,(H2,16,18). The van der Waals surface area contributed by atoms with Crippen LogP contribution in [0.1, 0.15) is 11.1 Å². The molecule has 0 fully saturated rings. The average molecular weight is 260 g/mol. The van der Waals surface area contributed by atoms with Crippen LogP contribution in [0, 0.1) is 5.82 Å². The summed E-state index contributed by atoms with van der Waals surface area (Å²) in [5.41, 5.74) is 8.34. The number of thiocarbonyl (C=S) groups is 1. The van der Waals surface area contributed by atoms with Gasteiger partial charge in [0.15, 0.2) is 0 Å². The van der Waals surface area contributed by atoms with Gasteiger partial charge in [-0.1, -0.05) is 36.5 Å². The van der Waals surface area contributed by atoms with Gasteiger partial charge in [-0.25, -0.2) is 4.39 Å². The molecule has 0 unspecified atom stereocenters. The molecule has 92 valence electrons. The van der Waals surface area contributed by atoms with Gasteiger partial charge in [0, 0.05) is 17.8 Å². The molecule has 0 saturated carbocycles. The molecule has 4 heteroatoms. The Balaban J connectivity index is 2.10. The molecule has 0 heterocycles. The maximum atomic E-state index is 12.8. The van der Waals surface area contributed by atoms with Gasteiger partial charge in [-0.2, -0.15) is 0 Å². The molecule has 3 N–H and O–H groups in total. The first-order valence-corrected chi connectivity index (χ1v) is 5.95. The Labute approximate surface area is 111 Å². The second-order valence-corrected chi connectivity index (χ2v) is 4.33. The third kappa shape index (κ3) is 3.05.